The Morgan fingerprint density at radius 3 is 2.54 bits per heavy atom. The van der Waals surface area contributed by atoms with Crippen molar-refractivity contribution in [3.05, 3.63) is 53.7 Å². The lowest BCUT2D eigenvalue weighted by atomic mass is 9.91. The molecular weight excluding hydrogens is 358 g/mol. The summed E-state index contributed by atoms with van der Waals surface area (Å²) < 4.78 is 5.40. The first-order chi connectivity index (χ1) is 13.5. The van der Waals surface area contributed by atoms with Gasteiger partial charge in [0, 0.05) is 37.1 Å². The van der Waals surface area contributed by atoms with Crippen molar-refractivity contribution in [3.63, 3.8) is 0 Å². The summed E-state index contributed by atoms with van der Waals surface area (Å²) in [5, 5.41) is 12.4. The Morgan fingerprint density at radius 2 is 1.93 bits per heavy atom. The van der Waals surface area contributed by atoms with E-state index >= 15 is 0 Å². The maximum Gasteiger partial charge on any atom is 0.407 e. The third-order valence-corrected chi connectivity index (χ3v) is 5.45. The van der Waals surface area contributed by atoms with Crippen LogP contribution in [0.25, 0.3) is 11.3 Å². The summed E-state index contributed by atoms with van der Waals surface area (Å²) in [5.41, 5.74) is 2.42. The number of piperidine rings is 1. The van der Waals surface area contributed by atoms with Gasteiger partial charge in [-0.25, -0.2) is 4.79 Å². The average molecular weight is 381 g/mol. The van der Waals surface area contributed by atoms with Crippen LogP contribution in [0.4, 0.5) is 4.79 Å². The molecule has 28 heavy (non-hydrogen) atoms. The summed E-state index contributed by atoms with van der Waals surface area (Å²) in [7, 11) is 0. The molecule has 4 rings (SSSR count). The lowest BCUT2D eigenvalue weighted by Crippen LogP contribution is -2.48. The molecule has 2 amide bonds. The van der Waals surface area contributed by atoms with E-state index in [2.05, 4.69) is 10.3 Å². The van der Waals surface area contributed by atoms with E-state index in [1.165, 1.54) is 0 Å². The summed E-state index contributed by atoms with van der Waals surface area (Å²) >= 11 is 0. The number of carbonyl (C=O) groups excluding carboxylic acids is 2. The first kappa shape index (κ1) is 18.4. The number of hydrogen-bond acceptors (Lipinski definition) is 5. The Morgan fingerprint density at radius 1 is 1.21 bits per heavy atom. The lowest BCUT2D eigenvalue weighted by Gasteiger charge is -2.37. The van der Waals surface area contributed by atoms with Crippen molar-refractivity contribution < 1.29 is 19.4 Å². The van der Waals surface area contributed by atoms with E-state index in [9.17, 15) is 14.7 Å². The van der Waals surface area contributed by atoms with Gasteiger partial charge in [0.15, 0.2) is 0 Å². The number of pyridine rings is 1. The third-order valence-electron chi connectivity index (χ3n) is 5.45. The van der Waals surface area contributed by atoms with E-state index in [1.54, 1.807) is 30.0 Å². The Balaban J connectivity index is 1.43. The summed E-state index contributed by atoms with van der Waals surface area (Å²) in [4.78, 5) is 30.4. The van der Waals surface area contributed by atoms with Gasteiger partial charge in [0.05, 0.1) is 24.0 Å². The number of alkyl carbamates (subject to hydrolysis) is 1. The van der Waals surface area contributed by atoms with Crippen LogP contribution in [0.1, 0.15) is 41.9 Å². The molecule has 0 unspecified atom stereocenters. The third kappa shape index (κ3) is 3.57. The lowest BCUT2D eigenvalue weighted by molar-refractivity contribution is 0.00331. The summed E-state index contributed by atoms with van der Waals surface area (Å²) in [6.45, 7) is 3.32. The van der Waals surface area contributed by atoms with Gasteiger partial charge in [0.2, 0.25) is 0 Å². The Bertz CT molecular complexity index is 887. The number of likely N-dealkylation sites (tertiary alicyclic amines) is 1. The number of aromatic nitrogens is 1. The summed E-state index contributed by atoms with van der Waals surface area (Å²) in [6, 6.07) is 12.9. The minimum Gasteiger partial charge on any atom is -0.441 e. The van der Waals surface area contributed by atoms with Crippen LogP contribution in [0, 0.1) is 0 Å². The van der Waals surface area contributed by atoms with E-state index < -0.39 is 11.7 Å². The molecule has 0 bridgehead atoms. The standard InChI is InChI=1S/C21H23N3O4/c1-14(25)17-3-2-4-18(23-17)15-5-7-16(8-6-15)19(26)24-11-9-21(10-12-24)13-22-20(27)28-21/h2-8,14,25H,9-13H2,1H3,(H,22,27)/t14-/m0/s1. The second-order valence-electron chi connectivity index (χ2n) is 7.42. The van der Waals surface area contributed by atoms with E-state index in [1.807, 2.05) is 24.3 Å². The highest BCUT2D eigenvalue weighted by molar-refractivity contribution is 5.94. The number of nitrogens with one attached hydrogen (secondary N) is 1. The van der Waals surface area contributed by atoms with E-state index in [0.717, 1.165) is 11.3 Å². The minimum atomic E-state index is -0.627. The topological polar surface area (TPSA) is 91.8 Å². The molecule has 3 heterocycles. The Labute approximate surface area is 163 Å². The molecule has 1 aromatic heterocycles. The second kappa shape index (κ2) is 7.24. The number of benzene rings is 1. The fourth-order valence-corrected chi connectivity index (χ4v) is 3.71. The van der Waals surface area contributed by atoms with Gasteiger partial charge in [-0.1, -0.05) is 18.2 Å². The molecule has 7 heteroatoms. The zero-order valence-corrected chi connectivity index (χ0v) is 15.7. The van der Waals surface area contributed by atoms with Crippen molar-refractivity contribution in [2.24, 2.45) is 0 Å². The molecule has 2 aliphatic rings. The molecule has 2 aromatic rings. The van der Waals surface area contributed by atoms with E-state index in [0.29, 0.717) is 43.7 Å². The van der Waals surface area contributed by atoms with Crippen LogP contribution in [0.5, 0.6) is 0 Å². The van der Waals surface area contributed by atoms with Crippen molar-refractivity contribution in [2.45, 2.75) is 31.5 Å². The number of nitrogens with zero attached hydrogens (tertiary/aromatic N) is 2. The Hall–Kier alpha value is -2.93. The fraction of sp³-hybridized carbons (Fsp3) is 0.381. The fourth-order valence-electron chi connectivity index (χ4n) is 3.71. The molecule has 2 aliphatic heterocycles. The zero-order valence-electron chi connectivity index (χ0n) is 15.7. The van der Waals surface area contributed by atoms with Crippen LogP contribution in [0.3, 0.4) is 0 Å². The molecule has 1 aromatic carbocycles. The van der Waals surface area contributed by atoms with Gasteiger partial charge < -0.3 is 20.1 Å². The van der Waals surface area contributed by atoms with Crippen LogP contribution in [0.15, 0.2) is 42.5 Å². The molecule has 2 N–H and O–H groups in total. The summed E-state index contributed by atoms with van der Waals surface area (Å²) in [6.07, 6.45) is 0.290. The average Bonchev–Trinajstić information content (AvgIpc) is 3.08. The number of aliphatic hydroxyl groups is 1. The van der Waals surface area contributed by atoms with Gasteiger partial charge in [0.25, 0.3) is 5.91 Å². The molecule has 2 saturated heterocycles. The van der Waals surface area contributed by atoms with Crippen LogP contribution < -0.4 is 5.32 Å². The number of carbonyl (C=O) groups is 2. The highest BCUT2D eigenvalue weighted by Gasteiger charge is 2.43. The van der Waals surface area contributed by atoms with Crippen LogP contribution >= 0.6 is 0 Å². The first-order valence-electron chi connectivity index (χ1n) is 9.47. The van der Waals surface area contributed by atoms with Crippen molar-refractivity contribution in [2.75, 3.05) is 19.6 Å². The monoisotopic (exact) mass is 381 g/mol. The van der Waals surface area contributed by atoms with Gasteiger partial charge in [-0.05, 0) is 31.2 Å². The second-order valence-corrected chi connectivity index (χ2v) is 7.42. The van der Waals surface area contributed by atoms with Crippen molar-refractivity contribution in [1.29, 1.82) is 0 Å². The predicted molar refractivity (Wildman–Crippen MR) is 103 cm³/mol. The molecule has 7 nitrogen and oxygen atoms in total. The molecule has 2 fully saturated rings. The van der Waals surface area contributed by atoms with Crippen LogP contribution in [0.2, 0.25) is 0 Å². The number of amides is 2. The Kier molecular flexibility index (Phi) is 4.77. The van der Waals surface area contributed by atoms with Gasteiger partial charge in [0.1, 0.15) is 5.60 Å². The number of rotatable bonds is 3. The van der Waals surface area contributed by atoms with Gasteiger partial charge in [-0.15, -0.1) is 0 Å². The highest BCUT2D eigenvalue weighted by atomic mass is 16.6. The molecule has 146 valence electrons. The van der Waals surface area contributed by atoms with Crippen molar-refractivity contribution in [3.8, 4) is 11.3 Å². The molecule has 1 atom stereocenters. The first-order valence-corrected chi connectivity index (χ1v) is 9.47. The van der Waals surface area contributed by atoms with Crippen molar-refractivity contribution in [1.82, 2.24) is 15.2 Å². The molecule has 0 aliphatic carbocycles. The number of ether oxygens (including phenoxy) is 1. The predicted octanol–water partition coefficient (Wildman–Crippen LogP) is 2.52. The number of aliphatic hydroxyl groups excluding tert-OH is 1. The van der Waals surface area contributed by atoms with Crippen LogP contribution in [-0.4, -0.2) is 52.2 Å². The maximum atomic E-state index is 12.8. The molecule has 0 radical (unpaired) electrons. The largest absolute Gasteiger partial charge is 0.441 e. The number of hydrogen-bond donors (Lipinski definition) is 2. The SMILES string of the molecule is C[C@H](O)c1cccc(-c2ccc(C(=O)N3CCC4(CC3)CNC(=O)O4)cc2)n1. The smallest absolute Gasteiger partial charge is 0.407 e. The zero-order chi connectivity index (χ0) is 19.7. The van der Waals surface area contributed by atoms with Crippen molar-refractivity contribution >= 4 is 12.0 Å². The quantitative estimate of drug-likeness (QED) is 0.852. The van der Waals surface area contributed by atoms with Gasteiger partial charge in [-0.2, -0.15) is 0 Å². The van der Waals surface area contributed by atoms with Crippen LogP contribution in [-0.2, 0) is 4.74 Å². The molecule has 1 spiro atoms. The van der Waals surface area contributed by atoms with Gasteiger partial charge in [-0.3, -0.25) is 9.78 Å². The molecular formula is C21H23N3O4. The maximum absolute atomic E-state index is 12.8. The normalized spacial score (nSPS) is 19.2. The van der Waals surface area contributed by atoms with Gasteiger partial charge >= 0.3 is 6.09 Å². The molecule has 0 saturated carbocycles. The van der Waals surface area contributed by atoms with E-state index in [-0.39, 0.29) is 12.0 Å². The van der Waals surface area contributed by atoms with E-state index in [4.69, 9.17) is 4.74 Å². The summed E-state index contributed by atoms with van der Waals surface area (Å²) in [5.74, 6) is -0.0237. The minimum absolute atomic E-state index is 0.0237. The highest BCUT2D eigenvalue weighted by Crippen LogP contribution is 2.30.